The minimum absolute atomic E-state index is 0.419. The third kappa shape index (κ3) is 5.55. The summed E-state index contributed by atoms with van der Waals surface area (Å²) in [5.74, 6) is 0. The first-order valence-corrected chi connectivity index (χ1v) is 9.03. The van der Waals surface area contributed by atoms with Gasteiger partial charge in [-0.1, -0.05) is 33.8 Å². The minimum atomic E-state index is 0.419. The lowest BCUT2D eigenvalue weighted by molar-refractivity contribution is 0.134. The zero-order valence-electron chi connectivity index (χ0n) is 13.7. The molecule has 0 aliphatic rings. The Labute approximate surface area is 129 Å². The summed E-state index contributed by atoms with van der Waals surface area (Å²) in [5, 5.41) is 5.82. The molecule has 2 nitrogen and oxygen atoms in total. The van der Waals surface area contributed by atoms with Crippen molar-refractivity contribution in [2.24, 2.45) is 5.41 Å². The van der Waals surface area contributed by atoms with Crippen LogP contribution in [-0.4, -0.2) is 31.1 Å². The molecule has 0 saturated heterocycles. The van der Waals surface area contributed by atoms with Crippen LogP contribution in [0.3, 0.4) is 0 Å². The van der Waals surface area contributed by atoms with Gasteiger partial charge in [0.1, 0.15) is 0 Å². The van der Waals surface area contributed by atoms with E-state index in [1.165, 1.54) is 30.7 Å². The van der Waals surface area contributed by atoms with E-state index in [1.807, 2.05) is 11.3 Å². The quantitative estimate of drug-likeness (QED) is 0.610. The summed E-state index contributed by atoms with van der Waals surface area (Å²) in [6.45, 7) is 14.9. The average Bonchev–Trinajstić information content (AvgIpc) is 2.98. The molecule has 0 aliphatic heterocycles. The molecule has 1 aromatic heterocycles. The number of rotatable bonds is 11. The lowest BCUT2D eigenvalue weighted by atomic mass is 9.81. The molecular formula is C17H32N2S. The molecule has 20 heavy (non-hydrogen) atoms. The van der Waals surface area contributed by atoms with Crippen LogP contribution >= 0.6 is 11.3 Å². The molecule has 0 atom stereocenters. The predicted molar refractivity (Wildman–Crippen MR) is 91.4 cm³/mol. The highest BCUT2D eigenvalue weighted by Gasteiger charge is 2.28. The maximum absolute atomic E-state index is 3.64. The second-order valence-electron chi connectivity index (χ2n) is 5.77. The number of nitrogens with zero attached hydrogens (tertiary/aromatic N) is 1. The van der Waals surface area contributed by atoms with Crippen molar-refractivity contribution in [3.05, 3.63) is 22.4 Å². The Balaban J connectivity index is 2.60. The monoisotopic (exact) mass is 296 g/mol. The lowest BCUT2D eigenvalue weighted by Crippen LogP contribution is -2.43. The van der Waals surface area contributed by atoms with E-state index in [0.717, 1.165) is 26.2 Å². The highest BCUT2D eigenvalue weighted by molar-refractivity contribution is 7.09. The summed E-state index contributed by atoms with van der Waals surface area (Å²) in [6.07, 6.45) is 3.72. The fraction of sp³-hybridized carbons (Fsp3) is 0.765. The van der Waals surface area contributed by atoms with Crippen molar-refractivity contribution < 1.29 is 0 Å². The van der Waals surface area contributed by atoms with Gasteiger partial charge in [0.05, 0.1) is 0 Å². The van der Waals surface area contributed by atoms with Crippen LogP contribution in [0.4, 0.5) is 0 Å². The van der Waals surface area contributed by atoms with E-state index >= 15 is 0 Å². The molecule has 0 saturated carbocycles. The first-order valence-electron chi connectivity index (χ1n) is 8.15. The number of nitrogens with one attached hydrogen (secondary N) is 1. The van der Waals surface area contributed by atoms with Gasteiger partial charge >= 0.3 is 0 Å². The molecule has 0 amide bonds. The third-order valence-corrected chi connectivity index (χ3v) is 5.25. The molecular weight excluding hydrogens is 264 g/mol. The van der Waals surface area contributed by atoms with E-state index in [-0.39, 0.29) is 0 Å². The fourth-order valence-electron chi connectivity index (χ4n) is 2.69. The number of hydrogen-bond donors (Lipinski definition) is 1. The van der Waals surface area contributed by atoms with Crippen molar-refractivity contribution in [3.8, 4) is 0 Å². The van der Waals surface area contributed by atoms with Gasteiger partial charge in [-0.2, -0.15) is 0 Å². The van der Waals surface area contributed by atoms with E-state index in [9.17, 15) is 0 Å². The Bertz CT molecular complexity index is 331. The van der Waals surface area contributed by atoms with Crippen molar-refractivity contribution in [1.82, 2.24) is 10.2 Å². The van der Waals surface area contributed by atoms with Crippen LogP contribution in [0.5, 0.6) is 0 Å². The highest BCUT2D eigenvalue weighted by atomic mass is 32.1. The first-order chi connectivity index (χ1) is 9.69. The minimum Gasteiger partial charge on any atom is -0.316 e. The summed E-state index contributed by atoms with van der Waals surface area (Å²) >= 11 is 1.87. The van der Waals surface area contributed by atoms with Crippen LogP contribution in [0.2, 0.25) is 0 Å². The predicted octanol–water partition coefficient (Wildman–Crippen LogP) is 4.38. The molecule has 1 heterocycles. The van der Waals surface area contributed by atoms with Crippen LogP contribution in [0, 0.1) is 5.41 Å². The van der Waals surface area contributed by atoms with Crippen LogP contribution in [0.25, 0.3) is 0 Å². The third-order valence-electron chi connectivity index (χ3n) is 4.39. The zero-order valence-corrected chi connectivity index (χ0v) is 14.6. The summed E-state index contributed by atoms with van der Waals surface area (Å²) in [7, 11) is 0. The van der Waals surface area contributed by atoms with Crippen molar-refractivity contribution in [3.63, 3.8) is 0 Å². The maximum atomic E-state index is 3.64. The molecule has 1 N–H and O–H groups in total. The van der Waals surface area contributed by atoms with Crippen molar-refractivity contribution in [2.45, 2.75) is 53.5 Å². The molecule has 0 bridgehead atoms. The number of hydrogen-bond acceptors (Lipinski definition) is 3. The Hall–Kier alpha value is -0.380. The highest BCUT2D eigenvalue weighted by Crippen LogP contribution is 2.28. The summed E-state index contributed by atoms with van der Waals surface area (Å²) in [4.78, 5) is 4.08. The van der Waals surface area contributed by atoms with Gasteiger partial charge in [0.15, 0.2) is 0 Å². The molecule has 116 valence electrons. The fourth-order valence-corrected chi connectivity index (χ4v) is 3.43. The van der Waals surface area contributed by atoms with Gasteiger partial charge < -0.3 is 5.32 Å². The number of thiophene rings is 1. The Kier molecular flexibility index (Phi) is 8.43. The van der Waals surface area contributed by atoms with Crippen LogP contribution < -0.4 is 5.32 Å². The zero-order chi connectivity index (χ0) is 14.8. The molecule has 0 spiro atoms. The molecule has 0 fully saturated rings. The van der Waals surface area contributed by atoms with E-state index in [2.05, 4.69) is 55.4 Å². The molecule has 0 unspecified atom stereocenters. The average molecular weight is 297 g/mol. The largest absolute Gasteiger partial charge is 0.316 e. The molecule has 0 aromatic carbocycles. The first kappa shape index (κ1) is 17.7. The molecule has 3 heteroatoms. The van der Waals surface area contributed by atoms with E-state index in [1.54, 1.807) is 0 Å². The van der Waals surface area contributed by atoms with Gasteiger partial charge in [-0.15, -0.1) is 11.3 Å². The van der Waals surface area contributed by atoms with Crippen molar-refractivity contribution >= 4 is 11.3 Å². The van der Waals surface area contributed by atoms with Crippen LogP contribution in [-0.2, 0) is 6.54 Å². The van der Waals surface area contributed by atoms with Gasteiger partial charge in [-0.25, -0.2) is 0 Å². The van der Waals surface area contributed by atoms with Gasteiger partial charge in [0.25, 0.3) is 0 Å². The molecule has 1 aromatic rings. The standard InChI is InChI=1S/C17H32N2S/c1-5-11-18-14-17(6-2,7-3)15-19(8-4)13-16-10-9-12-20-16/h9-10,12,18H,5-8,11,13-15H2,1-4H3. The van der Waals surface area contributed by atoms with E-state index < -0.39 is 0 Å². The Morgan fingerprint density at radius 2 is 1.95 bits per heavy atom. The molecule has 0 aliphatic carbocycles. The maximum Gasteiger partial charge on any atom is 0.0328 e. The molecule has 0 radical (unpaired) electrons. The molecule has 1 rings (SSSR count). The normalized spacial score (nSPS) is 12.2. The van der Waals surface area contributed by atoms with Gasteiger partial charge in [0, 0.05) is 24.5 Å². The SMILES string of the molecule is CCCNCC(CC)(CC)CN(CC)Cc1cccs1. The smallest absolute Gasteiger partial charge is 0.0328 e. The summed E-state index contributed by atoms with van der Waals surface area (Å²) in [6, 6.07) is 4.41. The van der Waals surface area contributed by atoms with Crippen molar-refractivity contribution in [1.29, 1.82) is 0 Å². The topological polar surface area (TPSA) is 15.3 Å². The second-order valence-corrected chi connectivity index (χ2v) is 6.80. The van der Waals surface area contributed by atoms with E-state index in [0.29, 0.717) is 5.41 Å². The summed E-state index contributed by atoms with van der Waals surface area (Å²) < 4.78 is 0. The Morgan fingerprint density at radius 3 is 2.45 bits per heavy atom. The van der Waals surface area contributed by atoms with Crippen LogP contribution in [0.15, 0.2) is 17.5 Å². The van der Waals surface area contributed by atoms with Crippen LogP contribution in [0.1, 0.15) is 51.8 Å². The summed E-state index contributed by atoms with van der Waals surface area (Å²) in [5.41, 5.74) is 0.419. The van der Waals surface area contributed by atoms with Gasteiger partial charge in [0.2, 0.25) is 0 Å². The van der Waals surface area contributed by atoms with Crippen molar-refractivity contribution in [2.75, 3.05) is 26.2 Å². The van der Waals surface area contributed by atoms with Gasteiger partial charge in [-0.05, 0) is 49.2 Å². The van der Waals surface area contributed by atoms with Gasteiger partial charge in [-0.3, -0.25) is 4.90 Å². The second kappa shape index (κ2) is 9.54. The van der Waals surface area contributed by atoms with E-state index in [4.69, 9.17) is 0 Å². The Morgan fingerprint density at radius 1 is 1.20 bits per heavy atom. The lowest BCUT2D eigenvalue weighted by Gasteiger charge is -2.37.